The molecule has 0 radical (unpaired) electrons. The predicted molar refractivity (Wildman–Crippen MR) is 76.6 cm³/mol. The molecule has 2 atom stereocenters. The fourth-order valence-corrected chi connectivity index (χ4v) is 2.87. The summed E-state index contributed by atoms with van der Waals surface area (Å²) >= 11 is 0. The van der Waals surface area contributed by atoms with Gasteiger partial charge in [-0.05, 0) is 31.1 Å². The third-order valence-corrected chi connectivity index (χ3v) is 3.94. The quantitative estimate of drug-likeness (QED) is 0.322. The van der Waals surface area contributed by atoms with E-state index in [1.54, 1.807) is 0 Å². The van der Waals surface area contributed by atoms with E-state index >= 15 is 0 Å². The Labute approximate surface area is 147 Å². The molecule has 0 spiro atoms. The molecule has 0 N–H and O–H groups in total. The molecular weight excluding hydrogens is 287 g/mol. The Hall–Kier alpha value is 0.870. The first-order valence-electron chi connectivity index (χ1n) is 7.42. The maximum atomic E-state index is 10.7. The summed E-state index contributed by atoms with van der Waals surface area (Å²) in [6.45, 7) is 8.33. The van der Waals surface area contributed by atoms with Gasteiger partial charge >= 0.3 is 29.6 Å². The van der Waals surface area contributed by atoms with E-state index in [0.29, 0.717) is 24.7 Å². The third-order valence-electron chi connectivity index (χ3n) is 3.43. The fraction of sp³-hybridized carbons (Fsp3) is 1.00. The predicted octanol–water partition coefficient (Wildman–Crippen LogP) is 0.879. The minimum absolute atomic E-state index is 0. The van der Waals surface area contributed by atoms with Gasteiger partial charge in [0, 0.05) is 0 Å². The summed E-state index contributed by atoms with van der Waals surface area (Å²) in [6.07, 6.45) is 6.39. The van der Waals surface area contributed by atoms with Crippen molar-refractivity contribution in [2.45, 2.75) is 78.7 Å². The van der Waals surface area contributed by atoms with Crippen molar-refractivity contribution in [3.8, 4) is 0 Å². The molecule has 0 aromatic carbocycles. The Morgan fingerprint density at radius 1 is 1.10 bits per heavy atom. The van der Waals surface area contributed by atoms with Gasteiger partial charge in [-0.25, -0.2) is 8.42 Å². The summed E-state index contributed by atoms with van der Waals surface area (Å²) < 4.78 is 36.9. The van der Waals surface area contributed by atoms with Gasteiger partial charge < -0.3 is 4.55 Å². The van der Waals surface area contributed by atoms with Crippen molar-refractivity contribution < 1.29 is 46.7 Å². The number of hydrogen-bond acceptors (Lipinski definition) is 4. The molecule has 0 saturated carbocycles. The van der Waals surface area contributed by atoms with Gasteiger partial charge in [0.15, 0.2) is 0 Å². The topological polar surface area (TPSA) is 66.4 Å². The van der Waals surface area contributed by atoms with Crippen LogP contribution in [0.3, 0.4) is 0 Å². The van der Waals surface area contributed by atoms with E-state index < -0.39 is 16.5 Å². The van der Waals surface area contributed by atoms with Gasteiger partial charge in [0.25, 0.3) is 0 Å². The molecule has 0 rings (SSSR count). The van der Waals surface area contributed by atoms with Crippen molar-refractivity contribution in [3.63, 3.8) is 0 Å². The molecular formula is C14H29NaO4S. The summed E-state index contributed by atoms with van der Waals surface area (Å²) in [6, 6.07) is 0. The summed E-state index contributed by atoms with van der Waals surface area (Å²) in [5, 5.41) is 0. The fourth-order valence-electron chi connectivity index (χ4n) is 2.36. The zero-order valence-electron chi connectivity index (χ0n) is 13.7. The van der Waals surface area contributed by atoms with Crippen LogP contribution < -0.4 is 29.6 Å². The van der Waals surface area contributed by atoms with Crippen LogP contribution >= 0.6 is 0 Å². The first-order valence-corrected chi connectivity index (χ1v) is 8.75. The standard InChI is InChI=1S/C14H30O4S.Na/c1-5-7-8-13(6-2)9-10-14(11-12(3)4)18-19(15,16)17;/h12-14H,5-11H2,1-4H3,(H,15,16,17);/q;+1/p-1. The van der Waals surface area contributed by atoms with Gasteiger partial charge in [-0.2, -0.15) is 0 Å². The second-order valence-electron chi connectivity index (χ2n) is 5.75. The van der Waals surface area contributed by atoms with Crippen molar-refractivity contribution in [1.82, 2.24) is 0 Å². The number of hydrogen-bond donors (Lipinski definition) is 0. The Balaban J connectivity index is 0. The molecule has 2 unspecified atom stereocenters. The van der Waals surface area contributed by atoms with Gasteiger partial charge in [-0.3, -0.25) is 4.18 Å². The zero-order valence-corrected chi connectivity index (χ0v) is 16.5. The molecule has 0 aliphatic heterocycles. The average molecular weight is 316 g/mol. The average Bonchev–Trinajstić information content (AvgIpc) is 2.26. The van der Waals surface area contributed by atoms with Crippen molar-refractivity contribution in [3.05, 3.63) is 0 Å². The van der Waals surface area contributed by atoms with Gasteiger partial charge in [0.2, 0.25) is 10.4 Å². The van der Waals surface area contributed by atoms with Crippen LogP contribution in [-0.4, -0.2) is 19.1 Å². The van der Waals surface area contributed by atoms with Gasteiger partial charge in [0.05, 0.1) is 6.10 Å². The number of unbranched alkanes of at least 4 members (excludes halogenated alkanes) is 1. The van der Waals surface area contributed by atoms with Gasteiger partial charge in [0.1, 0.15) is 0 Å². The summed E-state index contributed by atoms with van der Waals surface area (Å²) in [7, 11) is -4.59. The molecule has 6 heteroatoms. The molecule has 0 aliphatic carbocycles. The van der Waals surface area contributed by atoms with E-state index in [2.05, 4.69) is 18.0 Å². The Morgan fingerprint density at radius 2 is 1.70 bits per heavy atom. The minimum atomic E-state index is -4.59. The Kier molecular flexibility index (Phi) is 14.4. The van der Waals surface area contributed by atoms with Crippen LogP contribution in [0.1, 0.15) is 72.6 Å². The monoisotopic (exact) mass is 316 g/mol. The van der Waals surface area contributed by atoms with Crippen LogP contribution in [0.4, 0.5) is 0 Å². The smallest absolute Gasteiger partial charge is 0.726 e. The molecule has 0 bridgehead atoms. The van der Waals surface area contributed by atoms with E-state index in [1.807, 2.05) is 13.8 Å². The zero-order chi connectivity index (χ0) is 14.9. The molecule has 0 aromatic heterocycles. The number of rotatable bonds is 11. The van der Waals surface area contributed by atoms with Crippen LogP contribution in [0, 0.1) is 11.8 Å². The van der Waals surface area contributed by atoms with E-state index in [4.69, 9.17) is 0 Å². The van der Waals surface area contributed by atoms with E-state index in [0.717, 1.165) is 12.8 Å². The molecule has 0 aromatic rings. The van der Waals surface area contributed by atoms with Gasteiger partial charge in [-0.15, -0.1) is 0 Å². The van der Waals surface area contributed by atoms with Gasteiger partial charge in [-0.1, -0.05) is 53.4 Å². The van der Waals surface area contributed by atoms with Crippen LogP contribution in [0.5, 0.6) is 0 Å². The molecule has 20 heavy (non-hydrogen) atoms. The normalized spacial score (nSPS) is 14.9. The largest absolute Gasteiger partial charge is 1.00 e. The van der Waals surface area contributed by atoms with Crippen LogP contribution in [0.15, 0.2) is 0 Å². The van der Waals surface area contributed by atoms with Crippen LogP contribution in [-0.2, 0) is 14.6 Å². The maximum Gasteiger partial charge on any atom is 1.00 e. The molecule has 0 fully saturated rings. The summed E-state index contributed by atoms with van der Waals surface area (Å²) in [5.41, 5.74) is 0. The third kappa shape index (κ3) is 13.8. The van der Waals surface area contributed by atoms with E-state index in [-0.39, 0.29) is 29.6 Å². The first-order chi connectivity index (χ1) is 8.78. The Morgan fingerprint density at radius 3 is 2.10 bits per heavy atom. The molecule has 0 amide bonds. The summed E-state index contributed by atoms with van der Waals surface area (Å²) in [4.78, 5) is 0. The van der Waals surface area contributed by atoms with E-state index in [9.17, 15) is 13.0 Å². The van der Waals surface area contributed by atoms with Crippen molar-refractivity contribution in [1.29, 1.82) is 0 Å². The second kappa shape index (κ2) is 12.4. The minimum Gasteiger partial charge on any atom is -0.726 e. The van der Waals surface area contributed by atoms with Crippen LogP contribution in [0.25, 0.3) is 0 Å². The van der Waals surface area contributed by atoms with E-state index in [1.165, 1.54) is 19.3 Å². The molecule has 116 valence electrons. The van der Waals surface area contributed by atoms with Crippen LogP contribution in [0.2, 0.25) is 0 Å². The molecule has 0 saturated heterocycles. The SMILES string of the molecule is CCCCC(CC)CCC(CC(C)C)OS(=O)(=O)[O-].[Na+]. The maximum absolute atomic E-state index is 10.7. The molecule has 0 aliphatic rings. The summed E-state index contributed by atoms with van der Waals surface area (Å²) in [5.74, 6) is 0.926. The molecule has 4 nitrogen and oxygen atoms in total. The Bertz CT molecular complexity index is 317. The first kappa shape index (κ1) is 23.1. The van der Waals surface area contributed by atoms with Crippen molar-refractivity contribution >= 4 is 10.4 Å². The van der Waals surface area contributed by atoms with Crippen molar-refractivity contribution in [2.75, 3.05) is 0 Å². The second-order valence-corrected chi connectivity index (χ2v) is 6.76. The van der Waals surface area contributed by atoms with Crippen molar-refractivity contribution in [2.24, 2.45) is 11.8 Å². The molecule has 0 heterocycles.